The molecule has 17 heavy (non-hydrogen) atoms. The molecular weight excluding hydrogens is 208 g/mol. The van der Waals surface area contributed by atoms with Crippen molar-refractivity contribution in [3.8, 4) is 0 Å². The van der Waals surface area contributed by atoms with Gasteiger partial charge in [0.15, 0.2) is 0 Å². The highest BCUT2D eigenvalue weighted by atomic mass is 16.3. The summed E-state index contributed by atoms with van der Waals surface area (Å²) in [6.07, 6.45) is 5.43. The van der Waals surface area contributed by atoms with Crippen LogP contribution in [0.4, 0.5) is 0 Å². The minimum absolute atomic E-state index is 0.0149. The zero-order chi connectivity index (χ0) is 12.5. The minimum Gasteiger partial charge on any atom is -0.385 e. The lowest BCUT2D eigenvalue weighted by atomic mass is 9.62. The van der Waals surface area contributed by atoms with Gasteiger partial charge in [-0.1, -0.05) is 57.9 Å². The zero-order valence-electron chi connectivity index (χ0n) is 11.3. The van der Waals surface area contributed by atoms with Crippen molar-refractivity contribution in [2.24, 2.45) is 5.41 Å². The van der Waals surface area contributed by atoms with Gasteiger partial charge < -0.3 is 5.11 Å². The third-order valence-corrected chi connectivity index (χ3v) is 4.55. The van der Waals surface area contributed by atoms with Crippen LogP contribution in [0.5, 0.6) is 0 Å². The fourth-order valence-corrected chi connectivity index (χ4v) is 3.04. The number of hydrogen-bond acceptors (Lipinski definition) is 1. The summed E-state index contributed by atoms with van der Waals surface area (Å²) >= 11 is 0. The molecule has 94 valence electrons. The maximum Gasteiger partial charge on any atom is 0.0947 e. The van der Waals surface area contributed by atoms with Crippen molar-refractivity contribution in [3.05, 3.63) is 35.4 Å². The fraction of sp³-hybridized carbons (Fsp3) is 0.625. The van der Waals surface area contributed by atoms with E-state index in [0.29, 0.717) is 0 Å². The maximum absolute atomic E-state index is 11.0. The molecule has 0 radical (unpaired) electrons. The first-order valence-corrected chi connectivity index (χ1v) is 6.81. The van der Waals surface area contributed by atoms with Crippen LogP contribution in [0.1, 0.15) is 57.6 Å². The molecule has 0 bridgehead atoms. The smallest absolute Gasteiger partial charge is 0.0947 e. The number of aryl methyl sites for hydroxylation is 1. The normalized spacial score (nSPS) is 28.0. The van der Waals surface area contributed by atoms with E-state index in [1.165, 1.54) is 12.0 Å². The molecule has 1 aromatic carbocycles. The molecule has 0 amide bonds. The molecule has 1 aliphatic carbocycles. The molecule has 1 unspecified atom stereocenters. The van der Waals surface area contributed by atoms with E-state index in [1.807, 2.05) is 0 Å². The van der Waals surface area contributed by atoms with Crippen molar-refractivity contribution < 1.29 is 5.11 Å². The van der Waals surface area contributed by atoms with Crippen molar-refractivity contribution in [2.45, 2.75) is 58.5 Å². The average Bonchev–Trinajstić information content (AvgIpc) is 2.33. The monoisotopic (exact) mass is 232 g/mol. The van der Waals surface area contributed by atoms with E-state index in [9.17, 15) is 5.11 Å². The van der Waals surface area contributed by atoms with Crippen molar-refractivity contribution in [1.82, 2.24) is 0 Å². The lowest BCUT2D eigenvalue weighted by molar-refractivity contribution is -0.103. The average molecular weight is 232 g/mol. The van der Waals surface area contributed by atoms with Gasteiger partial charge in [0.2, 0.25) is 0 Å². The van der Waals surface area contributed by atoms with E-state index in [4.69, 9.17) is 0 Å². The van der Waals surface area contributed by atoms with Crippen LogP contribution in [0.2, 0.25) is 0 Å². The summed E-state index contributed by atoms with van der Waals surface area (Å²) in [7, 11) is 0. The van der Waals surface area contributed by atoms with Crippen LogP contribution in [-0.4, -0.2) is 5.11 Å². The Morgan fingerprint density at radius 2 is 1.65 bits per heavy atom. The van der Waals surface area contributed by atoms with Crippen LogP contribution in [0.3, 0.4) is 0 Å². The van der Waals surface area contributed by atoms with Gasteiger partial charge in [0.25, 0.3) is 0 Å². The van der Waals surface area contributed by atoms with E-state index in [0.717, 1.165) is 31.2 Å². The predicted octanol–water partition coefficient (Wildman–Crippen LogP) is 4.04. The summed E-state index contributed by atoms with van der Waals surface area (Å²) in [4.78, 5) is 0. The Bertz CT molecular complexity index is 377. The van der Waals surface area contributed by atoms with Crippen LogP contribution in [0.15, 0.2) is 24.3 Å². The quantitative estimate of drug-likeness (QED) is 0.816. The molecule has 1 aliphatic rings. The van der Waals surface area contributed by atoms with Crippen LogP contribution in [-0.2, 0) is 12.0 Å². The van der Waals surface area contributed by atoms with Gasteiger partial charge in [0.1, 0.15) is 0 Å². The molecule has 1 atom stereocenters. The zero-order valence-corrected chi connectivity index (χ0v) is 11.3. The summed E-state index contributed by atoms with van der Waals surface area (Å²) in [5, 5.41) is 11.0. The third kappa shape index (κ3) is 2.13. The van der Waals surface area contributed by atoms with Gasteiger partial charge in [0.05, 0.1) is 5.60 Å². The van der Waals surface area contributed by atoms with Crippen LogP contribution in [0.25, 0.3) is 0 Å². The SMILES string of the molecule is CCc1ccc(C2(O)CCCCC2(C)C)cc1. The Kier molecular flexibility index (Phi) is 3.31. The van der Waals surface area contributed by atoms with Crippen molar-refractivity contribution in [3.63, 3.8) is 0 Å². The Balaban J connectivity index is 2.35. The highest BCUT2D eigenvalue weighted by molar-refractivity contribution is 5.29. The summed E-state index contributed by atoms with van der Waals surface area (Å²) in [5.41, 5.74) is 1.78. The highest BCUT2D eigenvalue weighted by Crippen LogP contribution is 2.49. The summed E-state index contributed by atoms with van der Waals surface area (Å²) in [6.45, 7) is 6.55. The molecule has 0 heterocycles. The molecule has 1 heteroatoms. The lowest BCUT2D eigenvalue weighted by Gasteiger charge is -2.47. The Labute approximate surface area is 105 Å². The molecule has 1 N–H and O–H groups in total. The van der Waals surface area contributed by atoms with Gasteiger partial charge >= 0.3 is 0 Å². The van der Waals surface area contributed by atoms with Gasteiger partial charge in [-0.3, -0.25) is 0 Å². The second kappa shape index (κ2) is 4.45. The highest BCUT2D eigenvalue weighted by Gasteiger charge is 2.46. The lowest BCUT2D eigenvalue weighted by Crippen LogP contribution is -2.44. The topological polar surface area (TPSA) is 20.2 Å². The van der Waals surface area contributed by atoms with E-state index >= 15 is 0 Å². The van der Waals surface area contributed by atoms with Gasteiger partial charge in [0, 0.05) is 0 Å². The predicted molar refractivity (Wildman–Crippen MR) is 72.0 cm³/mol. The minimum atomic E-state index is -0.641. The van der Waals surface area contributed by atoms with Crippen LogP contribution >= 0.6 is 0 Å². The molecular formula is C16H24O. The maximum atomic E-state index is 11.0. The number of benzene rings is 1. The van der Waals surface area contributed by atoms with Crippen molar-refractivity contribution in [2.75, 3.05) is 0 Å². The van der Waals surface area contributed by atoms with Crippen LogP contribution in [0, 0.1) is 5.41 Å². The molecule has 0 spiro atoms. The molecule has 0 aromatic heterocycles. The summed E-state index contributed by atoms with van der Waals surface area (Å²) < 4.78 is 0. The Hall–Kier alpha value is -0.820. The molecule has 0 saturated heterocycles. The van der Waals surface area contributed by atoms with E-state index in [-0.39, 0.29) is 5.41 Å². The fourth-order valence-electron chi connectivity index (χ4n) is 3.04. The summed E-state index contributed by atoms with van der Waals surface area (Å²) in [6, 6.07) is 8.54. The molecule has 1 aromatic rings. The molecule has 1 nitrogen and oxygen atoms in total. The van der Waals surface area contributed by atoms with Gasteiger partial charge in [-0.05, 0) is 35.8 Å². The van der Waals surface area contributed by atoms with Crippen molar-refractivity contribution >= 4 is 0 Å². The van der Waals surface area contributed by atoms with Crippen LogP contribution < -0.4 is 0 Å². The van der Waals surface area contributed by atoms with E-state index < -0.39 is 5.60 Å². The number of aliphatic hydroxyl groups is 1. The van der Waals surface area contributed by atoms with Gasteiger partial charge in [-0.15, -0.1) is 0 Å². The standard InChI is InChI=1S/C16H24O/c1-4-13-7-9-14(10-8-13)16(17)12-6-5-11-15(16,2)3/h7-10,17H,4-6,11-12H2,1-3H3. The number of hydrogen-bond donors (Lipinski definition) is 1. The Morgan fingerprint density at radius 1 is 1.06 bits per heavy atom. The Morgan fingerprint density at radius 3 is 2.18 bits per heavy atom. The number of rotatable bonds is 2. The third-order valence-electron chi connectivity index (χ3n) is 4.55. The summed E-state index contributed by atoms with van der Waals surface area (Å²) in [5.74, 6) is 0. The molecule has 1 fully saturated rings. The molecule has 0 aliphatic heterocycles. The van der Waals surface area contributed by atoms with Crippen molar-refractivity contribution in [1.29, 1.82) is 0 Å². The largest absolute Gasteiger partial charge is 0.385 e. The molecule has 2 rings (SSSR count). The molecule has 1 saturated carbocycles. The second-order valence-corrected chi connectivity index (χ2v) is 6.00. The van der Waals surface area contributed by atoms with E-state index in [2.05, 4.69) is 45.0 Å². The second-order valence-electron chi connectivity index (χ2n) is 6.00. The first-order chi connectivity index (χ1) is 7.99. The van der Waals surface area contributed by atoms with Gasteiger partial charge in [-0.25, -0.2) is 0 Å². The first kappa shape index (κ1) is 12.6. The first-order valence-electron chi connectivity index (χ1n) is 6.81. The van der Waals surface area contributed by atoms with E-state index in [1.54, 1.807) is 0 Å². The van der Waals surface area contributed by atoms with Gasteiger partial charge in [-0.2, -0.15) is 0 Å².